The molecule has 1 aliphatic heterocycles. The van der Waals surface area contributed by atoms with Crippen LogP contribution in [-0.4, -0.2) is 43.9 Å². The van der Waals surface area contributed by atoms with Crippen LogP contribution in [0.25, 0.3) is 0 Å². The summed E-state index contributed by atoms with van der Waals surface area (Å²) in [7, 11) is 3.09. The maximum absolute atomic E-state index is 10.4. The van der Waals surface area contributed by atoms with Gasteiger partial charge in [0.1, 0.15) is 0 Å². The largest absolute Gasteiger partial charge is 0.504 e. The van der Waals surface area contributed by atoms with E-state index in [2.05, 4.69) is 0 Å². The number of methoxy groups -OCH3 is 2. The van der Waals surface area contributed by atoms with E-state index in [1.165, 1.54) is 7.11 Å². The molecule has 1 fully saturated rings. The molecule has 2 aromatic rings. The summed E-state index contributed by atoms with van der Waals surface area (Å²) < 4.78 is 22.5. The summed E-state index contributed by atoms with van der Waals surface area (Å²) in [5.41, 5.74) is 3.17. The Bertz CT molecular complexity index is 864. The van der Waals surface area contributed by atoms with Gasteiger partial charge in [-0.05, 0) is 54.3 Å². The summed E-state index contributed by atoms with van der Waals surface area (Å²) in [6, 6.07) is 9.12. The van der Waals surface area contributed by atoms with Gasteiger partial charge in [-0.3, -0.25) is 0 Å². The lowest BCUT2D eigenvalue weighted by molar-refractivity contribution is -0.127. The van der Waals surface area contributed by atoms with E-state index in [4.69, 9.17) is 18.9 Å². The fraction of sp³-hybridized carbons (Fsp3) is 0.455. The maximum atomic E-state index is 10.4. The zero-order valence-electron chi connectivity index (χ0n) is 16.3. The number of rotatable bonds is 5. The molecule has 2 N–H and O–H groups in total. The number of phenols is 2. The van der Waals surface area contributed by atoms with Gasteiger partial charge in [-0.2, -0.15) is 0 Å². The van der Waals surface area contributed by atoms with Crippen molar-refractivity contribution in [2.45, 2.75) is 25.6 Å². The predicted molar refractivity (Wildman–Crippen MR) is 103 cm³/mol. The Kier molecular flexibility index (Phi) is 5.08. The van der Waals surface area contributed by atoms with Crippen molar-refractivity contribution in [2.24, 2.45) is 11.8 Å². The number of hydrogen-bond acceptors (Lipinski definition) is 6. The third kappa shape index (κ3) is 3.06. The van der Waals surface area contributed by atoms with Gasteiger partial charge in [-0.15, -0.1) is 0 Å². The molecule has 1 aliphatic carbocycles. The molecule has 0 aromatic heterocycles. The molecule has 150 valence electrons. The first-order valence-corrected chi connectivity index (χ1v) is 9.57. The second kappa shape index (κ2) is 7.53. The van der Waals surface area contributed by atoms with Crippen LogP contribution in [-0.2, 0) is 15.9 Å². The highest BCUT2D eigenvalue weighted by Gasteiger charge is 2.47. The molecule has 1 heterocycles. The van der Waals surface area contributed by atoms with Gasteiger partial charge in [0, 0.05) is 24.4 Å². The van der Waals surface area contributed by atoms with Crippen molar-refractivity contribution in [2.75, 3.05) is 27.4 Å². The van der Waals surface area contributed by atoms with E-state index in [1.807, 2.05) is 25.1 Å². The number of aromatic hydroxyl groups is 2. The first-order chi connectivity index (χ1) is 13.6. The van der Waals surface area contributed by atoms with E-state index in [9.17, 15) is 10.2 Å². The standard InChI is InChI=1S/C22H26O6/c1-4-27-22-15-7-13-9-20(26-3)18(24)10-14(13)21(16(15)11-28-22)12-5-6-17(23)19(8-12)25-2/h5-6,8-10,15-16,21-24H,4,7,11H2,1-3H3/t15-,16+,21+,22+/m1/s1. The third-order valence-corrected chi connectivity index (χ3v) is 5.91. The van der Waals surface area contributed by atoms with E-state index in [0.717, 1.165) is 23.1 Å². The van der Waals surface area contributed by atoms with Crippen molar-refractivity contribution >= 4 is 0 Å². The Morgan fingerprint density at radius 1 is 1.00 bits per heavy atom. The quantitative estimate of drug-likeness (QED) is 0.820. The Hall–Kier alpha value is -2.44. The van der Waals surface area contributed by atoms with Crippen molar-refractivity contribution in [1.29, 1.82) is 0 Å². The van der Waals surface area contributed by atoms with Crippen LogP contribution in [0.1, 0.15) is 29.5 Å². The predicted octanol–water partition coefficient (Wildman–Crippen LogP) is 3.43. The van der Waals surface area contributed by atoms with Gasteiger partial charge in [0.2, 0.25) is 0 Å². The molecule has 0 unspecified atom stereocenters. The van der Waals surface area contributed by atoms with Crippen molar-refractivity contribution in [3.8, 4) is 23.0 Å². The number of ether oxygens (including phenoxy) is 4. The van der Waals surface area contributed by atoms with E-state index >= 15 is 0 Å². The highest BCUT2D eigenvalue weighted by Crippen LogP contribution is 2.51. The summed E-state index contributed by atoms with van der Waals surface area (Å²) in [5.74, 6) is 1.51. The Balaban J connectivity index is 1.84. The van der Waals surface area contributed by atoms with Crippen LogP contribution in [0, 0.1) is 11.8 Å². The summed E-state index contributed by atoms with van der Waals surface area (Å²) in [6.45, 7) is 3.14. The molecule has 0 saturated carbocycles. The van der Waals surface area contributed by atoms with Crippen LogP contribution >= 0.6 is 0 Å². The molecule has 6 nitrogen and oxygen atoms in total. The van der Waals surface area contributed by atoms with Crippen LogP contribution in [0.5, 0.6) is 23.0 Å². The Labute approximate surface area is 164 Å². The van der Waals surface area contributed by atoms with E-state index in [0.29, 0.717) is 24.7 Å². The van der Waals surface area contributed by atoms with Gasteiger partial charge in [-0.1, -0.05) is 6.07 Å². The molecule has 4 atom stereocenters. The number of hydrogen-bond donors (Lipinski definition) is 2. The molecule has 0 bridgehead atoms. The average Bonchev–Trinajstić information content (AvgIpc) is 3.09. The highest BCUT2D eigenvalue weighted by atomic mass is 16.7. The second-order valence-electron chi connectivity index (χ2n) is 7.32. The lowest BCUT2D eigenvalue weighted by atomic mass is 9.67. The van der Waals surface area contributed by atoms with E-state index in [-0.39, 0.29) is 35.5 Å². The smallest absolute Gasteiger partial charge is 0.161 e. The van der Waals surface area contributed by atoms with Crippen LogP contribution in [0.2, 0.25) is 0 Å². The fourth-order valence-electron chi connectivity index (χ4n) is 4.64. The number of benzene rings is 2. The summed E-state index contributed by atoms with van der Waals surface area (Å²) >= 11 is 0. The minimum Gasteiger partial charge on any atom is -0.504 e. The SMILES string of the molecule is CCO[C@H]1OC[C@@H]2[C@@H](c3ccc(O)c(OC)c3)c3cc(O)c(OC)cc3C[C@@H]12. The first kappa shape index (κ1) is 18.9. The van der Waals surface area contributed by atoms with Crippen molar-refractivity contribution in [3.63, 3.8) is 0 Å². The minimum absolute atomic E-state index is 0.00878. The molecule has 0 spiro atoms. The molecule has 0 radical (unpaired) electrons. The van der Waals surface area contributed by atoms with Crippen LogP contribution < -0.4 is 9.47 Å². The highest BCUT2D eigenvalue weighted by molar-refractivity contribution is 5.53. The molecular formula is C22H26O6. The summed E-state index contributed by atoms with van der Waals surface area (Å²) in [5, 5.41) is 20.4. The minimum atomic E-state index is -0.246. The second-order valence-corrected chi connectivity index (χ2v) is 7.32. The molecule has 2 aliphatic rings. The van der Waals surface area contributed by atoms with Gasteiger partial charge in [0.15, 0.2) is 29.3 Å². The Morgan fingerprint density at radius 3 is 2.46 bits per heavy atom. The molecule has 2 aromatic carbocycles. The fourth-order valence-corrected chi connectivity index (χ4v) is 4.64. The van der Waals surface area contributed by atoms with Crippen molar-refractivity contribution in [3.05, 3.63) is 47.0 Å². The van der Waals surface area contributed by atoms with Gasteiger partial charge in [0.05, 0.1) is 20.8 Å². The molecule has 0 amide bonds. The lowest BCUT2D eigenvalue weighted by Crippen LogP contribution is -2.33. The maximum Gasteiger partial charge on any atom is 0.161 e. The topological polar surface area (TPSA) is 77.4 Å². The molecule has 28 heavy (non-hydrogen) atoms. The number of phenolic OH excluding ortho intramolecular Hbond substituents is 2. The molecule has 1 saturated heterocycles. The summed E-state index contributed by atoms with van der Waals surface area (Å²) in [4.78, 5) is 0. The van der Waals surface area contributed by atoms with Crippen LogP contribution in [0.15, 0.2) is 30.3 Å². The third-order valence-electron chi connectivity index (χ3n) is 5.91. The van der Waals surface area contributed by atoms with Gasteiger partial charge in [0.25, 0.3) is 0 Å². The van der Waals surface area contributed by atoms with Gasteiger partial charge >= 0.3 is 0 Å². The Morgan fingerprint density at radius 2 is 1.75 bits per heavy atom. The van der Waals surface area contributed by atoms with Crippen molar-refractivity contribution in [1.82, 2.24) is 0 Å². The average molecular weight is 386 g/mol. The molecule has 6 heteroatoms. The van der Waals surface area contributed by atoms with Gasteiger partial charge < -0.3 is 29.2 Å². The molecular weight excluding hydrogens is 360 g/mol. The van der Waals surface area contributed by atoms with E-state index < -0.39 is 0 Å². The van der Waals surface area contributed by atoms with Gasteiger partial charge in [-0.25, -0.2) is 0 Å². The van der Waals surface area contributed by atoms with Crippen molar-refractivity contribution < 1.29 is 29.2 Å². The normalized spacial score (nSPS) is 25.8. The zero-order chi connectivity index (χ0) is 19.8. The lowest BCUT2D eigenvalue weighted by Gasteiger charge is -2.36. The zero-order valence-corrected chi connectivity index (χ0v) is 16.3. The molecule has 4 rings (SSSR count). The van der Waals surface area contributed by atoms with Crippen LogP contribution in [0.3, 0.4) is 0 Å². The van der Waals surface area contributed by atoms with Crippen LogP contribution in [0.4, 0.5) is 0 Å². The van der Waals surface area contributed by atoms with E-state index in [1.54, 1.807) is 19.2 Å². The first-order valence-electron chi connectivity index (χ1n) is 9.57. The monoisotopic (exact) mass is 386 g/mol. The number of fused-ring (bicyclic) bond motifs is 2. The summed E-state index contributed by atoms with van der Waals surface area (Å²) in [6.07, 6.45) is 0.553.